The van der Waals surface area contributed by atoms with Crippen molar-refractivity contribution in [3.63, 3.8) is 0 Å². The predicted octanol–water partition coefficient (Wildman–Crippen LogP) is 1.52. The van der Waals surface area contributed by atoms with Crippen molar-refractivity contribution in [3.8, 4) is 0 Å². The van der Waals surface area contributed by atoms with Gasteiger partial charge in [-0.25, -0.2) is 0 Å². The van der Waals surface area contributed by atoms with Crippen molar-refractivity contribution in [1.82, 2.24) is 20.4 Å². The first kappa shape index (κ1) is 13.0. The van der Waals surface area contributed by atoms with Crippen LogP contribution in [0.15, 0.2) is 9.64 Å². The van der Waals surface area contributed by atoms with Crippen molar-refractivity contribution < 1.29 is 9.21 Å². The number of hydrogen-bond donors (Lipinski definition) is 1. The molecular formula is C9H11N5O2S2. The van der Waals surface area contributed by atoms with E-state index in [1.165, 1.54) is 23.1 Å². The largest absolute Gasteiger partial charge is 0.416 e. The fourth-order valence-corrected chi connectivity index (χ4v) is 2.37. The molecule has 1 amide bonds. The van der Waals surface area contributed by atoms with Crippen LogP contribution in [0.5, 0.6) is 0 Å². The summed E-state index contributed by atoms with van der Waals surface area (Å²) in [6.45, 7) is 3.69. The van der Waals surface area contributed by atoms with E-state index in [1.807, 2.05) is 6.92 Å². The summed E-state index contributed by atoms with van der Waals surface area (Å²) in [6, 6.07) is 0. The number of nitrogens with zero attached hydrogens (tertiary/aromatic N) is 4. The van der Waals surface area contributed by atoms with Crippen LogP contribution in [0.1, 0.15) is 17.8 Å². The Labute approximate surface area is 111 Å². The second-order valence-corrected chi connectivity index (χ2v) is 5.27. The van der Waals surface area contributed by atoms with Crippen molar-refractivity contribution >= 4 is 34.1 Å². The van der Waals surface area contributed by atoms with E-state index in [1.54, 1.807) is 6.92 Å². The zero-order valence-electron chi connectivity index (χ0n) is 9.84. The molecule has 96 valence electrons. The number of carbonyl (C=O) groups excluding carboxylic acids is 1. The molecule has 0 fully saturated rings. The quantitative estimate of drug-likeness (QED) is 0.832. The molecule has 0 aliphatic heterocycles. The lowest BCUT2D eigenvalue weighted by Crippen LogP contribution is -2.13. The highest BCUT2D eigenvalue weighted by Gasteiger charge is 2.10. The number of aromatic nitrogens is 4. The Morgan fingerprint density at radius 3 is 2.83 bits per heavy atom. The Balaban J connectivity index is 1.81. The van der Waals surface area contributed by atoms with Crippen LogP contribution in [0, 0.1) is 6.92 Å². The Bertz CT molecular complexity index is 539. The maximum atomic E-state index is 11.6. The van der Waals surface area contributed by atoms with E-state index in [9.17, 15) is 4.79 Å². The summed E-state index contributed by atoms with van der Waals surface area (Å²) in [5.41, 5.74) is 0. The van der Waals surface area contributed by atoms with Gasteiger partial charge in [0.25, 0.3) is 5.22 Å². The summed E-state index contributed by atoms with van der Waals surface area (Å²) < 4.78 is 5.14. The number of thioether (sulfide) groups is 1. The van der Waals surface area contributed by atoms with Crippen LogP contribution in [0.2, 0.25) is 0 Å². The predicted molar refractivity (Wildman–Crippen MR) is 67.7 cm³/mol. The van der Waals surface area contributed by atoms with Gasteiger partial charge in [0.15, 0.2) is 0 Å². The van der Waals surface area contributed by atoms with Crippen molar-refractivity contribution in [2.24, 2.45) is 0 Å². The van der Waals surface area contributed by atoms with Crippen LogP contribution in [0.4, 0.5) is 5.13 Å². The highest BCUT2D eigenvalue weighted by molar-refractivity contribution is 7.99. The molecule has 1 N–H and O–H groups in total. The molecule has 7 nitrogen and oxygen atoms in total. The van der Waals surface area contributed by atoms with Gasteiger partial charge in [-0.15, -0.1) is 20.4 Å². The number of anilines is 1. The lowest BCUT2D eigenvalue weighted by atomic mass is 10.5. The first-order valence-corrected chi connectivity index (χ1v) is 7.02. The molecule has 2 aromatic heterocycles. The number of rotatable bonds is 5. The fourth-order valence-electron chi connectivity index (χ4n) is 1.07. The van der Waals surface area contributed by atoms with E-state index in [0.29, 0.717) is 16.2 Å². The van der Waals surface area contributed by atoms with Gasteiger partial charge in [-0.3, -0.25) is 10.1 Å². The highest BCUT2D eigenvalue weighted by atomic mass is 32.2. The second kappa shape index (κ2) is 5.91. The van der Waals surface area contributed by atoms with Gasteiger partial charge in [0, 0.05) is 6.92 Å². The summed E-state index contributed by atoms with van der Waals surface area (Å²) in [4.78, 5) is 11.6. The molecule has 0 bridgehead atoms. The zero-order valence-corrected chi connectivity index (χ0v) is 11.5. The molecule has 0 atom stereocenters. The van der Waals surface area contributed by atoms with Crippen LogP contribution in [0.3, 0.4) is 0 Å². The van der Waals surface area contributed by atoms with Crippen LogP contribution >= 0.6 is 23.1 Å². The monoisotopic (exact) mass is 285 g/mol. The average Bonchev–Trinajstić information content (AvgIpc) is 2.95. The van der Waals surface area contributed by atoms with Crippen molar-refractivity contribution in [2.75, 3.05) is 11.1 Å². The molecule has 18 heavy (non-hydrogen) atoms. The fraction of sp³-hybridized carbons (Fsp3) is 0.444. The molecular weight excluding hydrogens is 274 g/mol. The molecule has 0 unspecified atom stereocenters. The number of hydrogen-bond acceptors (Lipinski definition) is 8. The Morgan fingerprint density at radius 1 is 1.39 bits per heavy atom. The van der Waals surface area contributed by atoms with E-state index in [-0.39, 0.29) is 11.7 Å². The van der Waals surface area contributed by atoms with Gasteiger partial charge in [-0.05, 0) is 6.42 Å². The Hall–Kier alpha value is -1.48. The van der Waals surface area contributed by atoms with E-state index < -0.39 is 0 Å². The van der Waals surface area contributed by atoms with Crippen LogP contribution < -0.4 is 5.32 Å². The van der Waals surface area contributed by atoms with Crippen LogP contribution in [-0.2, 0) is 11.2 Å². The maximum Gasteiger partial charge on any atom is 0.277 e. The number of amides is 1. The molecule has 0 saturated heterocycles. The lowest BCUT2D eigenvalue weighted by molar-refractivity contribution is -0.113. The van der Waals surface area contributed by atoms with Gasteiger partial charge in [0.05, 0.1) is 5.75 Å². The van der Waals surface area contributed by atoms with Gasteiger partial charge in [0.2, 0.25) is 16.9 Å². The summed E-state index contributed by atoms with van der Waals surface area (Å²) in [5, 5.41) is 19.7. The van der Waals surface area contributed by atoms with Gasteiger partial charge >= 0.3 is 0 Å². The van der Waals surface area contributed by atoms with E-state index in [4.69, 9.17) is 4.42 Å². The third-order valence-corrected chi connectivity index (χ3v) is 3.65. The smallest absolute Gasteiger partial charge is 0.277 e. The topological polar surface area (TPSA) is 93.8 Å². The highest BCUT2D eigenvalue weighted by Crippen LogP contribution is 2.18. The van der Waals surface area contributed by atoms with Gasteiger partial charge in [-0.1, -0.05) is 30.0 Å². The molecule has 0 aromatic carbocycles. The molecule has 0 spiro atoms. The van der Waals surface area contributed by atoms with Crippen LogP contribution in [0.25, 0.3) is 0 Å². The normalized spacial score (nSPS) is 10.6. The number of aryl methyl sites for hydroxylation is 2. The minimum atomic E-state index is -0.172. The maximum absolute atomic E-state index is 11.6. The molecule has 2 heterocycles. The molecule has 2 rings (SSSR count). The summed E-state index contributed by atoms with van der Waals surface area (Å²) in [6.07, 6.45) is 0.809. The summed E-state index contributed by atoms with van der Waals surface area (Å²) in [7, 11) is 0. The summed E-state index contributed by atoms with van der Waals surface area (Å²) in [5.74, 6) is 0.507. The SMILES string of the molecule is CCc1nnc(NC(=O)CSc2nnc(C)o2)s1. The Kier molecular flexibility index (Phi) is 4.26. The third-order valence-electron chi connectivity index (χ3n) is 1.85. The molecule has 2 aromatic rings. The minimum absolute atomic E-state index is 0.172. The average molecular weight is 285 g/mol. The number of nitrogens with one attached hydrogen (secondary N) is 1. The van der Waals surface area contributed by atoms with E-state index >= 15 is 0 Å². The third kappa shape index (κ3) is 3.50. The van der Waals surface area contributed by atoms with Gasteiger partial charge in [-0.2, -0.15) is 0 Å². The molecule has 9 heteroatoms. The van der Waals surface area contributed by atoms with Crippen molar-refractivity contribution in [2.45, 2.75) is 25.5 Å². The zero-order chi connectivity index (χ0) is 13.0. The first-order chi connectivity index (χ1) is 8.67. The Morgan fingerprint density at radius 2 is 2.22 bits per heavy atom. The standard InChI is InChI=1S/C9H11N5O2S2/c1-3-7-12-13-8(18-7)10-6(15)4-17-9-14-11-5(2)16-9/h3-4H2,1-2H3,(H,10,13,15). The van der Waals surface area contributed by atoms with E-state index in [2.05, 4.69) is 25.7 Å². The molecule has 0 saturated carbocycles. The lowest BCUT2D eigenvalue weighted by Gasteiger charge is -1.97. The molecule has 0 aliphatic rings. The van der Waals surface area contributed by atoms with Crippen LogP contribution in [-0.4, -0.2) is 32.1 Å². The second-order valence-electron chi connectivity index (χ2n) is 3.28. The van der Waals surface area contributed by atoms with Gasteiger partial charge < -0.3 is 4.42 Å². The first-order valence-electron chi connectivity index (χ1n) is 5.22. The minimum Gasteiger partial charge on any atom is -0.416 e. The van der Waals surface area contributed by atoms with Gasteiger partial charge in [0.1, 0.15) is 5.01 Å². The van der Waals surface area contributed by atoms with Crippen molar-refractivity contribution in [1.29, 1.82) is 0 Å². The van der Waals surface area contributed by atoms with Crippen molar-refractivity contribution in [3.05, 3.63) is 10.9 Å². The molecule has 0 aliphatic carbocycles. The molecule has 0 radical (unpaired) electrons. The summed E-state index contributed by atoms with van der Waals surface area (Å²) >= 11 is 2.56. The van der Waals surface area contributed by atoms with E-state index in [0.717, 1.165) is 11.4 Å². The number of carbonyl (C=O) groups is 1.